The summed E-state index contributed by atoms with van der Waals surface area (Å²) < 4.78 is 2.34. The number of anilines is 1. The molecule has 2 aromatic rings. The first-order valence-electron chi connectivity index (χ1n) is 11.7. The second-order valence-electron chi connectivity index (χ2n) is 8.29. The molecule has 1 N–H and O–H groups in total. The maximum absolute atomic E-state index is 6.16. The molecule has 1 aromatic heterocycles. The average Bonchev–Trinajstić information content (AvgIpc) is 3.01. The molecule has 7 nitrogen and oxygen atoms in total. The van der Waals surface area contributed by atoms with Gasteiger partial charge in [0, 0.05) is 69.4 Å². The maximum atomic E-state index is 6.16. The van der Waals surface area contributed by atoms with Crippen LogP contribution in [0.4, 0.5) is 5.69 Å². The van der Waals surface area contributed by atoms with Gasteiger partial charge in [-0.05, 0) is 44.4 Å². The third-order valence-electron chi connectivity index (χ3n) is 6.09. The quantitative estimate of drug-likeness (QED) is 0.421. The lowest BCUT2D eigenvalue weighted by Crippen LogP contribution is -2.52. The number of nitrogens with zero attached hydrogens (tertiary/aromatic N) is 6. The molecule has 1 fully saturated rings. The van der Waals surface area contributed by atoms with Gasteiger partial charge in [-0.2, -0.15) is 0 Å². The van der Waals surface area contributed by atoms with Gasteiger partial charge in [0.1, 0.15) is 11.6 Å². The van der Waals surface area contributed by atoms with Crippen LogP contribution in [-0.2, 0) is 19.4 Å². The van der Waals surface area contributed by atoms with Crippen molar-refractivity contribution in [1.29, 1.82) is 0 Å². The molecule has 1 aromatic carbocycles. The fourth-order valence-electron chi connectivity index (χ4n) is 4.43. The minimum absolute atomic E-state index is 0.791. The normalized spacial score (nSPS) is 17.4. The Hall–Kier alpha value is -2.28. The highest BCUT2D eigenvalue weighted by Gasteiger charge is 2.20. The molecule has 0 atom stereocenters. The predicted octanol–water partition coefficient (Wildman–Crippen LogP) is 3.38. The van der Waals surface area contributed by atoms with Gasteiger partial charge in [0.05, 0.1) is 0 Å². The molecule has 1 saturated heterocycles. The Labute approximate surface area is 190 Å². The number of fused-ring (bicyclic) bond motifs is 1. The summed E-state index contributed by atoms with van der Waals surface area (Å²) in [5, 5.41) is 13.1. The van der Waals surface area contributed by atoms with Crippen molar-refractivity contribution in [2.24, 2.45) is 4.99 Å². The van der Waals surface area contributed by atoms with Crippen molar-refractivity contribution >= 4 is 23.2 Å². The van der Waals surface area contributed by atoms with Crippen molar-refractivity contribution in [2.75, 3.05) is 44.2 Å². The molecule has 3 heterocycles. The predicted molar refractivity (Wildman–Crippen MR) is 127 cm³/mol. The van der Waals surface area contributed by atoms with E-state index in [1.165, 1.54) is 30.8 Å². The van der Waals surface area contributed by atoms with Gasteiger partial charge in [-0.15, -0.1) is 10.2 Å². The molecule has 168 valence electrons. The number of aryl methyl sites for hydroxylation is 2. The Morgan fingerprint density at radius 1 is 1.10 bits per heavy atom. The highest BCUT2D eigenvalue weighted by Crippen LogP contribution is 2.21. The third kappa shape index (κ3) is 5.70. The molecule has 2 aliphatic heterocycles. The van der Waals surface area contributed by atoms with Crippen molar-refractivity contribution in [3.8, 4) is 0 Å². The van der Waals surface area contributed by atoms with Crippen LogP contribution >= 0.6 is 11.6 Å². The molecule has 0 radical (unpaired) electrons. The summed E-state index contributed by atoms with van der Waals surface area (Å²) >= 11 is 6.16. The number of guanidine groups is 1. The number of aromatic nitrogens is 3. The van der Waals surface area contributed by atoms with E-state index in [9.17, 15) is 0 Å². The molecule has 0 bridgehead atoms. The molecular formula is C23H34ClN7. The van der Waals surface area contributed by atoms with E-state index in [2.05, 4.69) is 42.9 Å². The minimum Gasteiger partial charge on any atom is -0.368 e. The van der Waals surface area contributed by atoms with E-state index in [0.717, 1.165) is 81.9 Å². The topological polar surface area (TPSA) is 61.6 Å². The summed E-state index contributed by atoms with van der Waals surface area (Å²) in [6.07, 6.45) is 6.77. The first-order chi connectivity index (χ1) is 15.2. The van der Waals surface area contributed by atoms with E-state index < -0.39 is 0 Å². The molecule has 0 aliphatic carbocycles. The first-order valence-corrected chi connectivity index (χ1v) is 12.1. The number of piperazine rings is 1. The fourth-order valence-corrected chi connectivity index (χ4v) is 4.61. The van der Waals surface area contributed by atoms with Crippen LogP contribution in [0.3, 0.4) is 0 Å². The summed E-state index contributed by atoms with van der Waals surface area (Å²) in [6, 6.07) is 8.12. The van der Waals surface area contributed by atoms with Crippen LogP contribution in [0.2, 0.25) is 5.02 Å². The molecule has 2 aliphatic rings. The van der Waals surface area contributed by atoms with E-state index in [1.54, 1.807) is 0 Å². The zero-order chi connectivity index (χ0) is 21.5. The molecule has 0 unspecified atom stereocenters. The highest BCUT2D eigenvalue weighted by molar-refractivity contribution is 6.30. The molecule has 31 heavy (non-hydrogen) atoms. The highest BCUT2D eigenvalue weighted by atomic mass is 35.5. The van der Waals surface area contributed by atoms with Crippen molar-refractivity contribution in [3.05, 3.63) is 40.9 Å². The number of rotatable bonds is 6. The van der Waals surface area contributed by atoms with Gasteiger partial charge in [-0.25, -0.2) is 0 Å². The second-order valence-corrected chi connectivity index (χ2v) is 8.72. The Kier molecular flexibility index (Phi) is 7.67. The number of nitrogens with one attached hydrogen (secondary N) is 1. The van der Waals surface area contributed by atoms with Gasteiger partial charge in [-0.3, -0.25) is 4.99 Å². The minimum atomic E-state index is 0.791. The van der Waals surface area contributed by atoms with Gasteiger partial charge in [0.2, 0.25) is 0 Å². The zero-order valence-corrected chi connectivity index (χ0v) is 19.3. The number of benzene rings is 1. The van der Waals surface area contributed by atoms with Crippen molar-refractivity contribution in [3.63, 3.8) is 0 Å². The lowest BCUT2D eigenvalue weighted by molar-refractivity contribution is 0.372. The Bertz CT molecular complexity index is 871. The van der Waals surface area contributed by atoms with Gasteiger partial charge >= 0.3 is 0 Å². The van der Waals surface area contributed by atoms with E-state index in [1.807, 2.05) is 18.2 Å². The fraction of sp³-hybridized carbons (Fsp3) is 0.609. The zero-order valence-electron chi connectivity index (χ0n) is 18.6. The largest absolute Gasteiger partial charge is 0.368 e. The van der Waals surface area contributed by atoms with Gasteiger partial charge < -0.3 is 19.7 Å². The molecular weight excluding hydrogens is 410 g/mol. The summed E-state index contributed by atoms with van der Waals surface area (Å²) in [5.74, 6) is 3.32. The van der Waals surface area contributed by atoms with E-state index in [-0.39, 0.29) is 0 Å². The lowest BCUT2D eigenvalue weighted by Gasteiger charge is -2.37. The molecule has 0 spiro atoms. The molecule has 0 saturated carbocycles. The summed E-state index contributed by atoms with van der Waals surface area (Å²) in [7, 11) is 0. The van der Waals surface area contributed by atoms with E-state index in [0.29, 0.717) is 0 Å². The SMILES string of the molecule is CCNC(=NCCCc1nnc2n1CCCCC2)N1CCN(c2cccc(Cl)c2)CC1. The van der Waals surface area contributed by atoms with Crippen molar-refractivity contribution in [2.45, 2.75) is 52.0 Å². The monoisotopic (exact) mass is 443 g/mol. The average molecular weight is 444 g/mol. The molecule has 4 rings (SSSR count). The Morgan fingerprint density at radius 3 is 2.77 bits per heavy atom. The third-order valence-corrected chi connectivity index (χ3v) is 6.33. The van der Waals surface area contributed by atoms with Crippen LogP contribution in [0.5, 0.6) is 0 Å². The van der Waals surface area contributed by atoms with E-state index in [4.69, 9.17) is 16.6 Å². The molecule has 0 amide bonds. The number of halogens is 1. The number of hydrogen-bond acceptors (Lipinski definition) is 4. The van der Waals surface area contributed by atoms with Gasteiger partial charge in [0.15, 0.2) is 5.96 Å². The number of aliphatic imine (C=N–C) groups is 1. The Morgan fingerprint density at radius 2 is 1.97 bits per heavy atom. The van der Waals surface area contributed by atoms with Crippen LogP contribution in [0, 0.1) is 0 Å². The van der Waals surface area contributed by atoms with Gasteiger partial charge in [0.25, 0.3) is 0 Å². The van der Waals surface area contributed by atoms with Crippen LogP contribution in [0.1, 0.15) is 44.3 Å². The summed E-state index contributed by atoms with van der Waals surface area (Å²) in [4.78, 5) is 9.67. The standard InChI is InChI=1S/C23H34ClN7/c1-2-25-23(30-16-14-29(15-17-30)20-9-6-8-19(24)18-20)26-12-7-11-22-28-27-21-10-4-3-5-13-31(21)22/h6,8-9,18H,2-5,7,10-17H2,1H3,(H,25,26). The maximum Gasteiger partial charge on any atom is 0.194 e. The summed E-state index contributed by atoms with van der Waals surface area (Å²) in [6.45, 7) is 8.73. The molecule has 8 heteroatoms. The smallest absolute Gasteiger partial charge is 0.194 e. The Balaban J connectivity index is 1.29. The van der Waals surface area contributed by atoms with Crippen molar-refractivity contribution in [1.82, 2.24) is 25.0 Å². The second kappa shape index (κ2) is 10.8. The van der Waals surface area contributed by atoms with Crippen LogP contribution in [-0.4, -0.2) is 64.9 Å². The van der Waals surface area contributed by atoms with Crippen molar-refractivity contribution < 1.29 is 0 Å². The van der Waals surface area contributed by atoms with Crippen LogP contribution in [0.25, 0.3) is 0 Å². The van der Waals surface area contributed by atoms with Crippen LogP contribution in [0.15, 0.2) is 29.3 Å². The van der Waals surface area contributed by atoms with Crippen LogP contribution < -0.4 is 10.2 Å². The number of hydrogen-bond donors (Lipinski definition) is 1. The van der Waals surface area contributed by atoms with E-state index >= 15 is 0 Å². The first kappa shape index (κ1) is 21.9. The summed E-state index contributed by atoms with van der Waals surface area (Å²) in [5.41, 5.74) is 1.20. The van der Waals surface area contributed by atoms with Gasteiger partial charge in [-0.1, -0.05) is 24.1 Å². The lowest BCUT2D eigenvalue weighted by atomic mass is 10.2.